The smallest absolute Gasteiger partial charge is 0.375 e. The highest BCUT2D eigenvalue weighted by Crippen LogP contribution is 2.34. The molecule has 1 aliphatic heterocycles. The number of nitrogens with zero attached hydrogens (tertiary/aromatic N) is 3. The summed E-state index contributed by atoms with van der Waals surface area (Å²) in [5, 5.41) is 5.15. The number of hydrogen-bond acceptors (Lipinski definition) is 4. The number of carbonyl (C=O) groups is 1. The molecule has 1 fully saturated rings. The van der Waals surface area contributed by atoms with E-state index < -0.39 is 11.7 Å². The first-order valence-electron chi connectivity index (χ1n) is 8.81. The molecule has 1 amide bonds. The summed E-state index contributed by atoms with van der Waals surface area (Å²) in [4.78, 5) is 15.8. The van der Waals surface area contributed by atoms with Crippen molar-refractivity contribution in [3.8, 4) is 5.69 Å². The van der Waals surface area contributed by atoms with Crippen molar-refractivity contribution in [2.75, 3.05) is 19.7 Å². The van der Waals surface area contributed by atoms with E-state index >= 15 is 0 Å². The van der Waals surface area contributed by atoms with Crippen molar-refractivity contribution in [1.82, 2.24) is 14.7 Å². The second-order valence-corrected chi connectivity index (χ2v) is 7.84. The fourth-order valence-electron chi connectivity index (χ4n) is 3.30. The van der Waals surface area contributed by atoms with E-state index in [2.05, 4.69) is 5.10 Å². The van der Waals surface area contributed by atoms with E-state index in [0.29, 0.717) is 40.8 Å². The molecule has 0 saturated carbocycles. The Balaban J connectivity index is 1.73. The lowest BCUT2D eigenvalue weighted by Crippen LogP contribution is -2.44. The molecule has 0 spiro atoms. The summed E-state index contributed by atoms with van der Waals surface area (Å²) in [6.07, 6.45) is -4.45. The number of benzene rings is 1. The third-order valence-corrected chi connectivity index (χ3v) is 5.80. The van der Waals surface area contributed by atoms with Crippen LogP contribution in [0.3, 0.4) is 0 Å². The van der Waals surface area contributed by atoms with Gasteiger partial charge in [-0.25, -0.2) is 4.68 Å². The van der Waals surface area contributed by atoms with Gasteiger partial charge in [0.25, 0.3) is 5.91 Å². The molecule has 3 heterocycles. The lowest BCUT2D eigenvalue weighted by atomic mass is 10.2. The zero-order valence-corrected chi connectivity index (χ0v) is 16.1. The van der Waals surface area contributed by atoms with Crippen LogP contribution in [-0.2, 0) is 10.9 Å². The summed E-state index contributed by atoms with van der Waals surface area (Å²) in [6, 6.07) is 6.80. The average Bonchev–Trinajstić information content (AvgIpc) is 3.21. The normalized spacial score (nSPS) is 18.0. The molecule has 148 valence electrons. The Morgan fingerprint density at radius 2 is 2.11 bits per heavy atom. The van der Waals surface area contributed by atoms with Crippen molar-refractivity contribution in [3.05, 3.63) is 46.5 Å². The number of hydrogen-bond donors (Lipinski definition) is 0. The SMILES string of the molecule is Cc1nn(-c2cccc(C(F)(F)F)c2)c2sc(C(=O)N3CCOC(C)C3)cc12. The molecular formula is C19H18F3N3O2S. The molecule has 28 heavy (non-hydrogen) atoms. The number of thiophene rings is 1. The summed E-state index contributed by atoms with van der Waals surface area (Å²) < 4.78 is 46.1. The van der Waals surface area contributed by atoms with Crippen molar-refractivity contribution in [1.29, 1.82) is 0 Å². The van der Waals surface area contributed by atoms with Crippen molar-refractivity contribution >= 4 is 27.5 Å². The number of amides is 1. The third-order valence-electron chi connectivity index (χ3n) is 4.70. The molecule has 1 aromatic carbocycles. The highest BCUT2D eigenvalue weighted by molar-refractivity contribution is 7.20. The third kappa shape index (κ3) is 3.40. The predicted octanol–water partition coefficient (Wildman–Crippen LogP) is 4.28. The Morgan fingerprint density at radius 1 is 1.32 bits per heavy atom. The van der Waals surface area contributed by atoms with E-state index in [1.54, 1.807) is 24.0 Å². The maximum absolute atomic E-state index is 13.1. The summed E-state index contributed by atoms with van der Waals surface area (Å²) in [5.41, 5.74) is 0.244. The molecule has 0 N–H and O–H groups in total. The van der Waals surface area contributed by atoms with E-state index in [4.69, 9.17) is 4.74 Å². The monoisotopic (exact) mass is 409 g/mol. The number of halogens is 3. The highest BCUT2D eigenvalue weighted by Gasteiger charge is 2.31. The lowest BCUT2D eigenvalue weighted by molar-refractivity contribution is -0.137. The van der Waals surface area contributed by atoms with Gasteiger partial charge in [0.15, 0.2) is 0 Å². The van der Waals surface area contributed by atoms with Crippen LogP contribution < -0.4 is 0 Å². The molecule has 2 aromatic heterocycles. The fraction of sp³-hybridized carbons (Fsp3) is 0.368. The van der Waals surface area contributed by atoms with E-state index in [9.17, 15) is 18.0 Å². The lowest BCUT2D eigenvalue weighted by Gasteiger charge is -2.30. The van der Waals surface area contributed by atoms with Gasteiger partial charge >= 0.3 is 6.18 Å². The van der Waals surface area contributed by atoms with Crippen molar-refractivity contribution in [2.45, 2.75) is 26.1 Å². The minimum absolute atomic E-state index is 0.0191. The summed E-state index contributed by atoms with van der Waals surface area (Å²) in [6.45, 7) is 5.24. The van der Waals surface area contributed by atoms with E-state index in [-0.39, 0.29) is 12.0 Å². The number of morpholine rings is 1. The van der Waals surface area contributed by atoms with Crippen LogP contribution in [-0.4, -0.2) is 46.4 Å². The Labute approximate surface area is 163 Å². The molecule has 1 atom stereocenters. The van der Waals surface area contributed by atoms with Gasteiger partial charge in [0.05, 0.1) is 34.5 Å². The molecule has 9 heteroatoms. The van der Waals surface area contributed by atoms with Gasteiger partial charge in [0.2, 0.25) is 0 Å². The first kappa shape index (κ1) is 18.9. The zero-order chi connectivity index (χ0) is 20.1. The average molecular weight is 409 g/mol. The number of rotatable bonds is 2. The summed E-state index contributed by atoms with van der Waals surface area (Å²) in [5.74, 6) is -0.0913. The maximum Gasteiger partial charge on any atom is 0.416 e. The van der Waals surface area contributed by atoms with E-state index in [1.807, 2.05) is 6.92 Å². The Morgan fingerprint density at radius 3 is 2.82 bits per heavy atom. The van der Waals surface area contributed by atoms with Gasteiger partial charge < -0.3 is 9.64 Å². The first-order chi connectivity index (χ1) is 13.2. The van der Waals surface area contributed by atoms with E-state index in [0.717, 1.165) is 17.5 Å². The van der Waals surface area contributed by atoms with Crippen molar-refractivity contribution < 1.29 is 22.7 Å². The fourth-order valence-corrected chi connectivity index (χ4v) is 4.45. The molecule has 1 unspecified atom stereocenters. The van der Waals surface area contributed by atoms with Crippen LogP contribution in [0.1, 0.15) is 27.9 Å². The van der Waals surface area contributed by atoms with Gasteiger partial charge in [-0.3, -0.25) is 4.79 Å². The van der Waals surface area contributed by atoms with Gasteiger partial charge in [0.1, 0.15) is 4.83 Å². The quantitative estimate of drug-likeness (QED) is 0.635. The second-order valence-electron chi connectivity index (χ2n) is 6.81. The summed E-state index contributed by atoms with van der Waals surface area (Å²) >= 11 is 1.24. The number of fused-ring (bicyclic) bond motifs is 1. The topological polar surface area (TPSA) is 47.4 Å². The number of alkyl halides is 3. The van der Waals surface area contributed by atoms with Crippen LogP contribution in [0, 0.1) is 6.92 Å². The van der Waals surface area contributed by atoms with Crippen LogP contribution in [0.4, 0.5) is 13.2 Å². The second kappa shape index (κ2) is 6.89. The van der Waals surface area contributed by atoms with Crippen molar-refractivity contribution in [3.63, 3.8) is 0 Å². The van der Waals surface area contributed by atoms with Crippen molar-refractivity contribution in [2.24, 2.45) is 0 Å². The molecule has 3 aromatic rings. The van der Waals surface area contributed by atoms with E-state index in [1.165, 1.54) is 22.1 Å². The number of carbonyl (C=O) groups excluding carboxylic acids is 1. The van der Waals surface area contributed by atoms with Crippen LogP contribution in [0.15, 0.2) is 30.3 Å². The predicted molar refractivity (Wildman–Crippen MR) is 100 cm³/mol. The molecule has 5 nitrogen and oxygen atoms in total. The first-order valence-corrected chi connectivity index (χ1v) is 9.63. The molecule has 4 rings (SSSR count). The van der Waals surface area contributed by atoms with Crippen LogP contribution in [0.2, 0.25) is 0 Å². The van der Waals surface area contributed by atoms with Gasteiger partial charge in [-0.2, -0.15) is 18.3 Å². The standard InChI is InChI=1S/C19H18F3N3O2S/c1-11-10-24(6-7-27-11)17(26)16-9-15-12(2)23-25(18(15)28-16)14-5-3-4-13(8-14)19(20,21)22/h3-5,8-9,11H,6-7,10H2,1-2H3. The van der Waals surface area contributed by atoms with Gasteiger partial charge in [-0.05, 0) is 38.1 Å². The summed E-state index contributed by atoms with van der Waals surface area (Å²) in [7, 11) is 0. The maximum atomic E-state index is 13.1. The molecule has 0 radical (unpaired) electrons. The van der Waals surface area contributed by atoms with Gasteiger partial charge in [-0.15, -0.1) is 11.3 Å². The number of aryl methyl sites for hydroxylation is 1. The highest BCUT2D eigenvalue weighted by atomic mass is 32.1. The van der Waals surface area contributed by atoms with Gasteiger partial charge in [-0.1, -0.05) is 6.07 Å². The zero-order valence-electron chi connectivity index (χ0n) is 15.3. The van der Waals surface area contributed by atoms with Crippen LogP contribution in [0.5, 0.6) is 0 Å². The minimum atomic E-state index is -4.43. The number of ether oxygens (including phenoxy) is 1. The molecular weight excluding hydrogens is 391 g/mol. The molecule has 0 bridgehead atoms. The largest absolute Gasteiger partial charge is 0.416 e. The number of aromatic nitrogens is 2. The molecule has 1 saturated heterocycles. The minimum Gasteiger partial charge on any atom is -0.375 e. The Hall–Kier alpha value is -2.39. The van der Waals surface area contributed by atoms with Gasteiger partial charge in [0, 0.05) is 18.5 Å². The van der Waals surface area contributed by atoms with Crippen LogP contribution in [0.25, 0.3) is 15.9 Å². The van der Waals surface area contributed by atoms with Crippen LogP contribution >= 0.6 is 11.3 Å². The Kier molecular flexibility index (Phi) is 4.67. The Bertz CT molecular complexity index is 1040. The molecule has 0 aliphatic carbocycles. The molecule has 1 aliphatic rings.